The van der Waals surface area contributed by atoms with E-state index < -0.39 is 0 Å². The van der Waals surface area contributed by atoms with Gasteiger partial charge in [0.15, 0.2) is 0 Å². The highest BCUT2D eigenvalue weighted by Gasteiger charge is 2.17. The number of hydrogen-bond donors (Lipinski definition) is 2. The molecule has 2 fully saturated rings. The summed E-state index contributed by atoms with van der Waals surface area (Å²) < 4.78 is 5.41. The Hall–Kier alpha value is -0.120. The van der Waals surface area contributed by atoms with Crippen LogP contribution < -0.4 is 10.6 Å². The molecule has 106 valence electrons. The molecule has 2 rings (SSSR count). The maximum atomic E-state index is 5.41. The second kappa shape index (κ2) is 8.13. The standard InChI is InChI=1S/C15H30N2O/c1-13(11-15-5-3-2-4-8-17-15)16-9-6-14-7-10-18-12-14/h13-17H,2-12H2,1H3. The van der Waals surface area contributed by atoms with Crippen molar-refractivity contribution in [2.24, 2.45) is 5.92 Å². The molecule has 0 aliphatic carbocycles. The van der Waals surface area contributed by atoms with E-state index in [1.54, 1.807) is 0 Å². The van der Waals surface area contributed by atoms with Gasteiger partial charge in [-0.25, -0.2) is 0 Å². The molecule has 2 N–H and O–H groups in total. The summed E-state index contributed by atoms with van der Waals surface area (Å²) in [4.78, 5) is 0. The first-order chi connectivity index (χ1) is 8.84. The predicted octanol–water partition coefficient (Wildman–Crippen LogP) is 2.31. The van der Waals surface area contributed by atoms with Gasteiger partial charge in [0, 0.05) is 25.3 Å². The van der Waals surface area contributed by atoms with Crippen LogP contribution in [0.25, 0.3) is 0 Å². The molecule has 2 heterocycles. The van der Waals surface area contributed by atoms with Gasteiger partial charge in [0.05, 0.1) is 0 Å². The fourth-order valence-corrected chi connectivity index (χ4v) is 3.16. The zero-order chi connectivity index (χ0) is 12.6. The third kappa shape index (κ3) is 5.25. The molecule has 0 saturated carbocycles. The van der Waals surface area contributed by atoms with Crippen LogP contribution in [-0.2, 0) is 4.74 Å². The van der Waals surface area contributed by atoms with Gasteiger partial charge < -0.3 is 15.4 Å². The van der Waals surface area contributed by atoms with E-state index in [9.17, 15) is 0 Å². The van der Waals surface area contributed by atoms with Gasteiger partial charge in [-0.2, -0.15) is 0 Å². The largest absolute Gasteiger partial charge is 0.381 e. The summed E-state index contributed by atoms with van der Waals surface area (Å²) >= 11 is 0. The lowest BCUT2D eigenvalue weighted by Gasteiger charge is -2.22. The first kappa shape index (κ1) is 14.3. The maximum absolute atomic E-state index is 5.41. The molecule has 0 spiro atoms. The zero-order valence-corrected chi connectivity index (χ0v) is 11.9. The first-order valence-corrected chi connectivity index (χ1v) is 7.89. The minimum absolute atomic E-state index is 0.642. The fourth-order valence-electron chi connectivity index (χ4n) is 3.16. The van der Waals surface area contributed by atoms with Crippen molar-refractivity contribution in [1.82, 2.24) is 10.6 Å². The van der Waals surface area contributed by atoms with Crippen molar-refractivity contribution in [2.75, 3.05) is 26.3 Å². The smallest absolute Gasteiger partial charge is 0.0495 e. The molecule has 2 aliphatic rings. The van der Waals surface area contributed by atoms with Crippen molar-refractivity contribution >= 4 is 0 Å². The second-order valence-electron chi connectivity index (χ2n) is 6.11. The SMILES string of the molecule is CC(CC1CCCCCN1)NCCC1CCOC1. The van der Waals surface area contributed by atoms with E-state index >= 15 is 0 Å². The average Bonchev–Trinajstić information content (AvgIpc) is 2.74. The Morgan fingerprint density at radius 2 is 2.22 bits per heavy atom. The van der Waals surface area contributed by atoms with Crippen LogP contribution >= 0.6 is 0 Å². The van der Waals surface area contributed by atoms with Crippen molar-refractivity contribution in [3.05, 3.63) is 0 Å². The van der Waals surface area contributed by atoms with Crippen LogP contribution in [0.4, 0.5) is 0 Å². The molecule has 0 aromatic rings. The molecule has 0 bridgehead atoms. The highest BCUT2D eigenvalue weighted by atomic mass is 16.5. The van der Waals surface area contributed by atoms with E-state index in [1.807, 2.05) is 0 Å². The molecular weight excluding hydrogens is 224 g/mol. The van der Waals surface area contributed by atoms with Crippen LogP contribution in [0.1, 0.15) is 51.9 Å². The summed E-state index contributed by atoms with van der Waals surface area (Å²) in [5, 5.41) is 7.37. The van der Waals surface area contributed by atoms with Crippen LogP contribution in [0.2, 0.25) is 0 Å². The predicted molar refractivity (Wildman–Crippen MR) is 75.9 cm³/mol. The summed E-state index contributed by atoms with van der Waals surface area (Å²) in [6.45, 7) is 6.67. The molecular formula is C15H30N2O. The Kier molecular flexibility index (Phi) is 6.46. The first-order valence-electron chi connectivity index (χ1n) is 7.89. The van der Waals surface area contributed by atoms with E-state index in [2.05, 4.69) is 17.6 Å². The van der Waals surface area contributed by atoms with Crippen molar-refractivity contribution in [1.29, 1.82) is 0 Å². The van der Waals surface area contributed by atoms with E-state index in [0.717, 1.165) is 31.7 Å². The van der Waals surface area contributed by atoms with Crippen LogP contribution in [0, 0.1) is 5.92 Å². The fraction of sp³-hybridized carbons (Fsp3) is 1.00. The molecule has 18 heavy (non-hydrogen) atoms. The Morgan fingerprint density at radius 1 is 1.28 bits per heavy atom. The monoisotopic (exact) mass is 254 g/mol. The quantitative estimate of drug-likeness (QED) is 0.763. The van der Waals surface area contributed by atoms with Crippen LogP contribution in [0.5, 0.6) is 0 Å². The van der Waals surface area contributed by atoms with Crippen molar-refractivity contribution in [2.45, 2.75) is 64.0 Å². The topological polar surface area (TPSA) is 33.3 Å². The molecule has 0 radical (unpaired) electrons. The van der Waals surface area contributed by atoms with Crippen LogP contribution in [-0.4, -0.2) is 38.4 Å². The Bertz CT molecular complexity index is 209. The molecule has 3 nitrogen and oxygen atoms in total. The van der Waals surface area contributed by atoms with E-state index in [1.165, 1.54) is 51.5 Å². The highest BCUT2D eigenvalue weighted by Crippen LogP contribution is 2.16. The molecule has 3 heteroatoms. The summed E-state index contributed by atoms with van der Waals surface area (Å²) in [5.41, 5.74) is 0. The summed E-state index contributed by atoms with van der Waals surface area (Å²) in [7, 11) is 0. The molecule has 2 aliphatic heterocycles. The third-order valence-corrected chi connectivity index (χ3v) is 4.37. The van der Waals surface area contributed by atoms with Gasteiger partial charge in [0.2, 0.25) is 0 Å². The lowest BCUT2D eigenvalue weighted by molar-refractivity contribution is 0.184. The van der Waals surface area contributed by atoms with Gasteiger partial charge >= 0.3 is 0 Å². The van der Waals surface area contributed by atoms with E-state index in [4.69, 9.17) is 4.74 Å². The number of rotatable bonds is 6. The molecule has 3 unspecified atom stereocenters. The summed E-state index contributed by atoms with van der Waals surface area (Å²) in [6.07, 6.45) is 9.36. The van der Waals surface area contributed by atoms with Crippen molar-refractivity contribution < 1.29 is 4.74 Å². The van der Waals surface area contributed by atoms with Gasteiger partial charge in [0.1, 0.15) is 0 Å². The third-order valence-electron chi connectivity index (χ3n) is 4.37. The molecule has 0 aromatic heterocycles. The van der Waals surface area contributed by atoms with Crippen LogP contribution in [0.15, 0.2) is 0 Å². The van der Waals surface area contributed by atoms with Crippen LogP contribution in [0.3, 0.4) is 0 Å². The normalized spacial score (nSPS) is 31.2. The number of nitrogens with one attached hydrogen (secondary N) is 2. The number of hydrogen-bond acceptors (Lipinski definition) is 3. The van der Waals surface area contributed by atoms with Gasteiger partial charge in [0.25, 0.3) is 0 Å². The van der Waals surface area contributed by atoms with Crippen molar-refractivity contribution in [3.8, 4) is 0 Å². The Morgan fingerprint density at radius 3 is 3.06 bits per heavy atom. The Labute approximate surface area is 112 Å². The minimum Gasteiger partial charge on any atom is -0.381 e. The maximum Gasteiger partial charge on any atom is 0.0495 e. The van der Waals surface area contributed by atoms with Gasteiger partial charge in [-0.1, -0.05) is 12.8 Å². The van der Waals surface area contributed by atoms with Gasteiger partial charge in [-0.15, -0.1) is 0 Å². The Balaban J connectivity index is 1.54. The lowest BCUT2D eigenvalue weighted by atomic mass is 10.0. The minimum atomic E-state index is 0.642. The zero-order valence-electron chi connectivity index (χ0n) is 11.9. The number of ether oxygens (including phenoxy) is 1. The summed E-state index contributed by atoms with van der Waals surface area (Å²) in [5.74, 6) is 0.806. The molecule has 0 amide bonds. The highest BCUT2D eigenvalue weighted by molar-refractivity contribution is 4.76. The second-order valence-corrected chi connectivity index (χ2v) is 6.11. The average molecular weight is 254 g/mol. The molecule has 2 saturated heterocycles. The van der Waals surface area contributed by atoms with Gasteiger partial charge in [-0.05, 0) is 58.0 Å². The molecule has 0 aromatic carbocycles. The molecule has 3 atom stereocenters. The summed E-state index contributed by atoms with van der Waals surface area (Å²) in [6, 6.07) is 1.38. The van der Waals surface area contributed by atoms with Gasteiger partial charge in [-0.3, -0.25) is 0 Å². The van der Waals surface area contributed by atoms with E-state index in [0.29, 0.717) is 6.04 Å². The van der Waals surface area contributed by atoms with Crippen molar-refractivity contribution in [3.63, 3.8) is 0 Å². The van der Waals surface area contributed by atoms with E-state index in [-0.39, 0.29) is 0 Å². The lowest BCUT2D eigenvalue weighted by Crippen LogP contribution is -2.37.